The number of hydrogen-bond acceptors (Lipinski definition) is 2. The highest BCUT2D eigenvalue weighted by molar-refractivity contribution is 5.05. The SMILES string of the molecule is CCC(C)(CC)N(C)C1C(C)C1CN. The van der Waals surface area contributed by atoms with Gasteiger partial charge in [0.1, 0.15) is 0 Å². The second-order valence-corrected chi connectivity index (χ2v) is 5.06. The first-order valence-corrected chi connectivity index (χ1v) is 5.94. The largest absolute Gasteiger partial charge is 0.330 e. The minimum Gasteiger partial charge on any atom is -0.330 e. The maximum Gasteiger partial charge on any atom is 0.0176 e. The van der Waals surface area contributed by atoms with Crippen LogP contribution in [-0.2, 0) is 0 Å². The lowest BCUT2D eigenvalue weighted by atomic mass is 9.93. The fourth-order valence-corrected chi connectivity index (χ4v) is 2.63. The van der Waals surface area contributed by atoms with Gasteiger partial charge >= 0.3 is 0 Å². The molecule has 0 amide bonds. The number of hydrogen-bond donors (Lipinski definition) is 1. The molecular weight excluding hydrogens is 172 g/mol. The van der Waals surface area contributed by atoms with E-state index in [1.807, 2.05) is 0 Å². The van der Waals surface area contributed by atoms with Crippen molar-refractivity contribution in [1.82, 2.24) is 4.90 Å². The molecule has 1 saturated carbocycles. The van der Waals surface area contributed by atoms with Crippen molar-refractivity contribution in [1.29, 1.82) is 0 Å². The zero-order valence-electron chi connectivity index (χ0n) is 10.4. The molecule has 3 atom stereocenters. The molecule has 1 rings (SSSR count). The normalized spacial score (nSPS) is 32.4. The molecular formula is C12H26N2. The fourth-order valence-electron chi connectivity index (χ4n) is 2.63. The molecule has 2 heteroatoms. The van der Waals surface area contributed by atoms with E-state index in [1.165, 1.54) is 12.8 Å². The Bertz CT molecular complexity index is 187. The van der Waals surface area contributed by atoms with Gasteiger partial charge in [-0.05, 0) is 45.2 Å². The lowest BCUT2D eigenvalue weighted by Crippen LogP contribution is -2.45. The van der Waals surface area contributed by atoms with Crippen LogP contribution in [-0.4, -0.2) is 30.1 Å². The smallest absolute Gasteiger partial charge is 0.0176 e. The van der Waals surface area contributed by atoms with Gasteiger partial charge in [-0.15, -0.1) is 0 Å². The van der Waals surface area contributed by atoms with Gasteiger partial charge in [-0.1, -0.05) is 20.8 Å². The molecule has 0 saturated heterocycles. The van der Waals surface area contributed by atoms with Crippen LogP contribution in [0, 0.1) is 11.8 Å². The van der Waals surface area contributed by atoms with E-state index in [0.717, 1.165) is 24.4 Å². The van der Waals surface area contributed by atoms with Gasteiger partial charge in [0, 0.05) is 11.6 Å². The van der Waals surface area contributed by atoms with Crippen LogP contribution >= 0.6 is 0 Å². The highest BCUT2D eigenvalue weighted by atomic mass is 15.2. The van der Waals surface area contributed by atoms with Crippen LogP contribution in [0.2, 0.25) is 0 Å². The summed E-state index contributed by atoms with van der Waals surface area (Å²) >= 11 is 0. The maximum absolute atomic E-state index is 5.75. The molecule has 1 aliphatic rings. The Balaban J connectivity index is 2.61. The molecule has 3 unspecified atom stereocenters. The fraction of sp³-hybridized carbons (Fsp3) is 1.00. The summed E-state index contributed by atoms with van der Waals surface area (Å²) in [6, 6.07) is 0.727. The molecule has 0 radical (unpaired) electrons. The van der Waals surface area contributed by atoms with Crippen LogP contribution in [0.3, 0.4) is 0 Å². The Hall–Kier alpha value is -0.0800. The Morgan fingerprint density at radius 2 is 1.79 bits per heavy atom. The summed E-state index contributed by atoms with van der Waals surface area (Å²) in [6.45, 7) is 10.1. The lowest BCUT2D eigenvalue weighted by molar-refractivity contribution is 0.108. The summed E-state index contributed by atoms with van der Waals surface area (Å²) in [5.41, 5.74) is 6.12. The molecule has 2 N–H and O–H groups in total. The molecule has 0 aromatic heterocycles. The van der Waals surface area contributed by atoms with Crippen molar-refractivity contribution in [2.75, 3.05) is 13.6 Å². The highest BCUT2D eigenvalue weighted by Gasteiger charge is 2.51. The standard InChI is InChI=1S/C12H26N2/c1-6-12(4,7-2)14(5)11-9(3)10(11)8-13/h9-11H,6-8,13H2,1-5H3. The molecule has 1 fully saturated rings. The van der Waals surface area contributed by atoms with Gasteiger partial charge in [-0.25, -0.2) is 0 Å². The third kappa shape index (κ3) is 1.82. The Kier molecular flexibility index (Phi) is 3.59. The van der Waals surface area contributed by atoms with Gasteiger partial charge in [0.2, 0.25) is 0 Å². The molecule has 2 nitrogen and oxygen atoms in total. The second-order valence-electron chi connectivity index (χ2n) is 5.06. The third-order valence-corrected chi connectivity index (χ3v) is 4.61. The maximum atomic E-state index is 5.75. The molecule has 0 bridgehead atoms. The van der Waals surface area contributed by atoms with E-state index in [0.29, 0.717) is 5.54 Å². The van der Waals surface area contributed by atoms with E-state index in [2.05, 4.69) is 39.6 Å². The molecule has 0 aromatic carbocycles. The van der Waals surface area contributed by atoms with Crippen LogP contribution in [0.5, 0.6) is 0 Å². The van der Waals surface area contributed by atoms with E-state index in [-0.39, 0.29) is 0 Å². The summed E-state index contributed by atoms with van der Waals surface area (Å²) in [5, 5.41) is 0. The van der Waals surface area contributed by atoms with Crippen LogP contribution in [0.4, 0.5) is 0 Å². The average Bonchev–Trinajstić information content (AvgIpc) is 2.86. The van der Waals surface area contributed by atoms with Crippen LogP contribution < -0.4 is 5.73 Å². The first-order valence-electron chi connectivity index (χ1n) is 5.94. The van der Waals surface area contributed by atoms with Crippen molar-refractivity contribution in [2.45, 2.75) is 52.1 Å². The van der Waals surface area contributed by atoms with Crippen molar-refractivity contribution < 1.29 is 0 Å². The molecule has 84 valence electrons. The second kappa shape index (κ2) is 4.19. The zero-order valence-corrected chi connectivity index (χ0v) is 10.4. The third-order valence-electron chi connectivity index (χ3n) is 4.61. The summed E-state index contributed by atoms with van der Waals surface area (Å²) in [7, 11) is 2.27. The Morgan fingerprint density at radius 1 is 1.29 bits per heavy atom. The lowest BCUT2D eigenvalue weighted by Gasteiger charge is -2.38. The minimum atomic E-state index is 0.364. The topological polar surface area (TPSA) is 29.3 Å². The zero-order chi connectivity index (χ0) is 10.9. The number of nitrogens with two attached hydrogens (primary N) is 1. The molecule has 0 heterocycles. The Labute approximate surface area is 88.8 Å². The molecule has 0 aromatic rings. The summed E-state index contributed by atoms with van der Waals surface area (Å²) in [6.07, 6.45) is 2.45. The average molecular weight is 198 g/mol. The van der Waals surface area contributed by atoms with Crippen LogP contribution in [0.15, 0.2) is 0 Å². The van der Waals surface area contributed by atoms with Crippen molar-refractivity contribution in [3.8, 4) is 0 Å². The monoisotopic (exact) mass is 198 g/mol. The van der Waals surface area contributed by atoms with Crippen molar-refractivity contribution in [2.24, 2.45) is 17.6 Å². The summed E-state index contributed by atoms with van der Waals surface area (Å²) in [5.74, 6) is 1.53. The van der Waals surface area contributed by atoms with Crippen molar-refractivity contribution in [3.05, 3.63) is 0 Å². The van der Waals surface area contributed by atoms with Gasteiger partial charge in [-0.2, -0.15) is 0 Å². The molecule has 14 heavy (non-hydrogen) atoms. The highest BCUT2D eigenvalue weighted by Crippen LogP contribution is 2.45. The summed E-state index contributed by atoms with van der Waals surface area (Å²) in [4.78, 5) is 2.56. The predicted octanol–water partition coefficient (Wildman–Crippen LogP) is 2.09. The number of rotatable bonds is 5. The van der Waals surface area contributed by atoms with E-state index in [1.54, 1.807) is 0 Å². The molecule has 0 spiro atoms. The first kappa shape index (κ1) is 12.0. The van der Waals surface area contributed by atoms with Crippen LogP contribution in [0.1, 0.15) is 40.5 Å². The first-order chi connectivity index (χ1) is 6.51. The van der Waals surface area contributed by atoms with Gasteiger partial charge < -0.3 is 5.73 Å². The van der Waals surface area contributed by atoms with E-state index in [4.69, 9.17) is 5.73 Å². The Morgan fingerprint density at radius 3 is 2.07 bits per heavy atom. The van der Waals surface area contributed by atoms with Gasteiger partial charge in [-0.3, -0.25) is 4.90 Å². The van der Waals surface area contributed by atoms with E-state index >= 15 is 0 Å². The van der Waals surface area contributed by atoms with Crippen LogP contribution in [0.25, 0.3) is 0 Å². The quantitative estimate of drug-likeness (QED) is 0.733. The van der Waals surface area contributed by atoms with Gasteiger partial charge in [0.15, 0.2) is 0 Å². The van der Waals surface area contributed by atoms with Gasteiger partial charge in [0.25, 0.3) is 0 Å². The van der Waals surface area contributed by atoms with Crippen molar-refractivity contribution >= 4 is 0 Å². The molecule has 1 aliphatic carbocycles. The molecule has 0 aliphatic heterocycles. The van der Waals surface area contributed by atoms with E-state index < -0.39 is 0 Å². The minimum absolute atomic E-state index is 0.364. The van der Waals surface area contributed by atoms with Gasteiger partial charge in [0.05, 0.1) is 0 Å². The predicted molar refractivity (Wildman–Crippen MR) is 62.2 cm³/mol. The van der Waals surface area contributed by atoms with Crippen molar-refractivity contribution in [3.63, 3.8) is 0 Å². The summed E-state index contributed by atoms with van der Waals surface area (Å²) < 4.78 is 0. The van der Waals surface area contributed by atoms with E-state index in [9.17, 15) is 0 Å². The number of nitrogens with zero attached hydrogens (tertiary/aromatic N) is 1.